The molecule has 2 fully saturated rings. The number of rotatable bonds is 7. The highest BCUT2D eigenvalue weighted by molar-refractivity contribution is 5.86. The Hall–Kier alpha value is -3.35. The first-order chi connectivity index (χ1) is 15.9. The number of ether oxygens (including phenoxy) is 1. The lowest BCUT2D eigenvalue weighted by molar-refractivity contribution is -0.153. The molecule has 3 aliphatic carbocycles. The molecule has 7 nitrogen and oxygen atoms in total. The predicted octanol–water partition coefficient (Wildman–Crippen LogP) is 3.77. The second-order valence-corrected chi connectivity index (χ2v) is 9.33. The zero-order valence-corrected chi connectivity index (χ0v) is 18.6. The van der Waals surface area contributed by atoms with Crippen LogP contribution in [0.5, 0.6) is 0 Å². The molecule has 5 rings (SSSR count). The van der Waals surface area contributed by atoms with Crippen LogP contribution in [0.25, 0.3) is 11.1 Å². The minimum Gasteiger partial charge on any atom is -0.480 e. The van der Waals surface area contributed by atoms with Crippen molar-refractivity contribution < 1.29 is 24.2 Å². The molecular formula is C26H28N2O5. The lowest BCUT2D eigenvalue weighted by Crippen LogP contribution is -2.54. The third-order valence-corrected chi connectivity index (χ3v) is 7.12. The average molecular weight is 449 g/mol. The summed E-state index contributed by atoms with van der Waals surface area (Å²) in [6, 6.07) is 15.5. The molecule has 2 N–H and O–H groups in total. The van der Waals surface area contributed by atoms with E-state index in [4.69, 9.17) is 4.74 Å². The molecule has 0 aromatic heterocycles. The lowest BCUT2D eigenvalue weighted by Gasteiger charge is -2.39. The summed E-state index contributed by atoms with van der Waals surface area (Å²) in [5.41, 5.74) is 4.68. The fourth-order valence-electron chi connectivity index (χ4n) is 5.11. The number of hydrogen-bond donors (Lipinski definition) is 2. The molecule has 0 heterocycles. The fraction of sp³-hybridized carbons (Fsp3) is 0.423. The summed E-state index contributed by atoms with van der Waals surface area (Å²) >= 11 is 0. The number of benzene rings is 2. The van der Waals surface area contributed by atoms with Gasteiger partial charge in [-0.3, -0.25) is 4.79 Å². The summed E-state index contributed by atoms with van der Waals surface area (Å²) in [5, 5.41) is 12.2. The molecule has 1 unspecified atom stereocenters. The second-order valence-electron chi connectivity index (χ2n) is 9.33. The van der Waals surface area contributed by atoms with Crippen LogP contribution in [0.1, 0.15) is 49.7 Å². The van der Waals surface area contributed by atoms with Crippen molar-refractivity contribution in [2.75, 3.05) is 6.61 Å². The monoisotopic (exact) mass is 448 g/mol. The third-order valence-electron chi connectivity index (χ3n) is 7.12. The van der Waals surface area contributed by atoms with Crippen molar-refractivity contribution in [3.8, 4) is 11.1 Å². The van der Waals surface area contributed by atoms with Gasteiger partial charge in [0.15, 0.2) is 0 Å². The number of hydrogen-bond acceptors (Lipinski definition) is 4. The first kappa shape index (κ1) is 21.5. The molecule has 2 saturated carbocycles. The Morgan fingerprint density at radius 3 is 2.15 bits per heavy atom. The summed E-state index contributed by atoms with van der Waals surface area (Å²) in [6.45, 7) is 1.81. The Labute approximate surface area is 192 Å². The highest BCUT2D eigenvalue weighted by atomic mass is 16.5. The normalized spacial score (nSPS) is 21.8. The van der Waals surface area contributed by atoms with Crippen LogP contribution in [0, 0.1) is 5.92 Å². The van der Waals surface area contributed by atoms with Gasteiger partial charge in [0.1, 0.15) is 12.6 Å². The first-order valence-corrected chi connectivity index (χ1v) is 11.6. The largest absolute Gasteiger partial charge is 0.480 e. The van der Waals surface area contributed by atoms with E-state index >= 15 is 0 Å². The Morgan fingerprint density at radius 1 is 1.03 bits per heavy atom. The van der Waals surface area contributed by atoms with Gasteiger partial charge in [0.05, 0.1) is 0 Å². The molecule has 33 heavy (non-hydrogen) atoms. The Balaban J connectivity index is 1.14. The number of fused-ring (bicyclic) bond motifs is 3. The summed E-state index contributed by atoms with van der Waals surface area (Å²) in [5.74, 6) is -1.34. The molecule has 1 atom stereocenters. The number of carboxylic acids is 1. The standard InChI is InChI=1S/C26H28N2O5/c1-15(25(30)31)28(18-10-11-18)24(29)16-12-17(13-16)27-26(32)33-14-23-21-8-4-2-6-19(21)20-7-3-5-9-22(20)23/h2-9,15-18,23H,10-14H2,1H3,(H,27,32)(H,30,31). The molecule has 7 heteroatoms. The van der Waals surface area contributed by atoms with Gasteiger partial charge < -0.3 is 20.1 Å². The molecular weight excluding hydrogens is 420 g/mol. The maximum atomic E-state index is 12.8. The van der Waals surface area contributed by atoms with E-state index in [0.29, 0.717) is 12.8 Å². The Kier molecular flexibility index (Phi) is 5.56. The molecule has 0 saturated heterocycles. The van der Waals surface area contributed by atoms with Gasteiger partial charge in [0.2, 0.25) is 5.91 Å². The van der Waals surface area contributed by atoms with Gasteiger partial charge in [-0.1, -0.05) is 48.5 Å². The van der Waals surface area contributed by atoms with Gasteiger partial charge in [-0.05, 0) is 54.9 Å². The van der Waals surface area contributed by atoms with Crippen molar-refractivity contribution in [2.45, 2.75) is 56.7 Å². The highest BCUT2D eigenvalue weighted by Gasteiger charge is 2.45. The van der Waals surface area contributed by atoms with Crippen molar-refractivity contribution in [3.63, 3.8) is 0 Å². The maximum absolute atomic E-state index is 12.8. The van der Waals surface area contributed by atoms with Crippen LogP contribution in [-0.4, -0.2) is 52.7 Å². The molecule has 2 amide bonds. The SMILES string of the molecule is CC(C(=O)O)N(C(=O)C1CC(NC(=O)OCC2c3ccccc3-c3ccccc32)C1)C1CC1. The first-order valence-electron chi connectivity index (χ1n) is 11.6. The number of carbonyl (C=O) groups is 3. The number of nitrogens with zero attached hydrogens (tertiary/aromatic N) is 1. The molecule has 0 bridgehead atoms. The van der Waals surface area contributed by atoms with Gasteiger partial charge in [-0.15, -0.1) is 0 Å². The van der Waals surface area contributed by atoms with E-state index in [1.807, 2.05) is 24.3 Å². The van der Waals surface area contributed by atoms with Crippen LogP contribution in [-0.2, 0) is 14.3 Å². The molecule has 172 valence electrons. The number of alkyl carbamates (subject to hydrolysis) is 1. The van der Waals surface area contributed by atoms with Crippen molar-refractivity contribution >= 4 is 18.0 Å². The van der Waals surface area contributed by atoms with E-state index in [9.17, 15) is 19.5 Å². The van der Waals surface area contributed by atoms with Crippen LogP contribution in [0.15, 0.2) is 48.5 Å². The molecule has 2 aromatic carbocycles. The van der Waals surface area contributed by atoms with Gasteiger partial charge in [-0.2, -0.15) is 0 Å². The lowest BCUT2D eigenvalue weighted by atomic mass is 9.79. The summed E-state index contributed by atoms with van der Waals surface area (Å²) < 4.78 is 5.58. The van der Waals surface area contributed by atoms with Crippen LogP contribution >= 0.6 is 0 Å². The topological polar surface area (TPSA) is 95.9 Å². The smallest absolute Gasteiger partial charge is 0.407 e. The van der Waals surface area contributed by atoms with Crippen molar-refractivity contribution in [1.82, 2.24) is 10.2 Å². The van der Waals surface area contributed by atoms with Crippen LogP contribution in [0.4, 0.5) is 4.79 Å². The van der Waals surface area contributed by atoms with E-state index in [1.54, 1.807) is 6.92 Å². The van der Waals surface area contributed by atoms with Gasteiger partial charge in [0.25, 0.3) is 0 Å². The fourth-order valence-corrected chi connectivity index (χ4v) is 5.11. The van der Waals surface area contributed by atoms with E-state index in [-0.39, 0.29) is 36.4 Å². The zero-order valence-electron chi connectivity index (χ0n) is 18.6. The number of amides is 2. The third kappa shape index (κ3) is 4.08. The highest BCUT2D eigenvalue weighted by Crippen LogP contribution is 2.44. The summed E-state index contributed by atoms with van der Waals surface area (Å²) in [4.78, 5) is 38.2. The van der Waals surface area contributed by atoms with E-state index < -0.39 is 18.1 Å². The number of carbonyl (C=O) groups excluding carboxylic acids is 2. The minimum atomic E-state index is -0.983. The molecule has 2 aromatic rings. The van der Waals surface area contributed by atoms with Crippen LogP contribution in [0.3, 0.4) is 0 Å². The Morgan fingerprint density at radius 2 is 1.61 bits per heavy atom. The van der Waals surface area contributed by atoms with Gasteiger partial charge >= 0.3 is 12.1 Å². The second kappa shape index (κ2) is 8.54. The van der Waals surface area contributed by atoms with Gasteiger partial charge in [0, 0.05) is 23.9 Å². The van der Waals surface area contributed by atoms with Crippen molar-refractivity contribution in [2.24, 2.45) is 5.92 Å². The number of carboxylic acid groups (broad SMARTS) is 1. The molecule has 0 spiro atoms. The maximum Gasteiger partial charge on any atom is 0.407 e. The summed E-state index contributed by atoms with van der Waals surface area (Å²) in [6.07, 6.45) is 2.26. The zero-order chi connectivity index (χ0) is 23.1. The summed E-state index contributed by atoms with van der Waals surface area (Å²) in [7, 11) is 0. The Bertz CT molecular complexity index is 1040. The number of aliphatic carboxylic acids is 1. The van der Waals surface area contributed by atoms with Crippen LogP contribution in [0.2, 0.25) is 0 Å². The van der Waals surface area contributed by atoms with Crippen molar-refractivity contribution in [3.05, 3.63) is 59.7 Å². The van der Waals surface area contributed by atoms with E-state index in [1.165, 1.54) is 16.0 Å². The van der Waals surface area contributed by atoms with E-state index in [0.717, 1.165) is 24.0 Å². The molecule has 3 aliphatic rings. The van der Waals surface area contributed by atoms with Crippen LogP contribution < -0.4 is 5.32 Å². The van der Waals surface area contributed by atoms with Crippen molar-refractivity contribution in [1.29, 1.82) is 0 Å². The predicted molar refractivity (Wildman–Crippen MR) is 122 cm³/mol. The molecule has 0 radical (unpaired) electrons. The van der Waals surface area contributed by atoms with Gasteiger partial charge in [-0.25, -0.2) is 9.59 Å². The van der Waals surface area contributed by atoms with E-state index in [2.05, 4.69) is 29.6 Å². The average Bonchev–Trinajstić information content (AvgIpc) is 3.56. The quantitative estimate of drug-likeness (QED) is 0.672. The number of nitrogens with one attached hydrogen (secondary N) is 1. The molecule has 0 aliphatic heterocycles. The minimum absolute atomic E-state index is 0.00322.